The number of piperazine rings is 1. The largest absolute Gasteiger partial charge is 0.494 e. The molecule has 0 unspecified atom stereocenters. The summed E-state index contributed by atoms with van der Waals surface area (Å²) >= 11 is 0. The highest BCUT2D eigenvalue weighted by Gasteiger charge is 2.14. The highest BCUT2D eigenvalue weighted by Crippen LogP contribution is 2.19. The van der Waals surface area contributed by atoms with Crippen molar-refractivity contribution >= 4 is 10.9 Å². The second-order valence-corrected chi connectivity index (χ2v) is 5.74. The average molecular weight is 302 g/mol. The summed E-state index contributed by atoms with van der Waals surface area (Å²) in [6, 6.07) is 5.46. The van der Waals surface area contributed by atoms with Crippen LogP contribution in [0.15, 0.2) is 29.3 Å². The molecule has 6 nitrogen and oxygen atoms in total. The summed E-state index contributed by atoms with van der Waals surface area (Å²) in [5, 5.41) is 0.611. The maximum Gasteiger partial charge on any atom is 0.261 e. The summed E-state index contributed by atoms with van der Waals surface area (Å²) in [6.45, 7) is 5.83. The molecule has 1 aromatic carbocycles. The number of nitrogens with zero attached hydrogens (tertiary/aromatic N) is 4. The SMILES string of the molecule is COc1cccc2c(=O)n(CCN3CCN(C)CC3)cnc12. The zero-order valence-electron chi connectivity index (χ0n) is 13.2. The molecule has 0 N–H and O–H groups in total. The van der Waals surface area contributed by atoms with Crippen LogP contribution >= 0.6 is 0 Å². The molecule has 1 aliphatic rings. The molecular formula is C16H22N4O2. The molecule has 118 valence electrons. The van der Waals surface area contributed by atoms with E-state index < -0.39 is 0 Å². The van der Waals surface area contributed by atoms with Gasteiger partial charge in [-0.3, -0.25) is 14.3 Å². The molecule has 0 aliphatic carbocycles. The number of fused-ring (bicyclic) bond motifs is 1. The first kappa shape index (κ1) is 15.0. The summed E-state index contributed by atoms with van der Waals surface area (Å²) in [4.78, 5) is 21.7. The van der Waals surface area contributed by atoms with Crippen LogP contribution in [-0.2, 0) is 6.54 Å². The highest BCUT2D eigenvalue weighted by atomic mass is 16.5. The van der Waals surface area contributed by atoms with Crippen molar-refractivity contribution in [3.05, 3.63) is 34.9 Å². The lowest BCUT2D eigenvalue weighted by Crippen LogP contribution is -2.45. The first-order chi connectivity index (χ1) is 10.7. The Bertz CT molecular complexity index is 705. The van der Waals surface area contributed by atoms with Crippen molar-refractivity contribution in [2.45, 2.75) is 6.54 Å². The van der Waals surface area contributed by atoms with Gasteiger partial charge in [-0.1, -0.05) is 6.07 Å². The molecule has 1 fully saturated rings. The highest BCUT2D eigenvalue weighted by molar-refractivity contribution is 5.83. The number of aromatic nitrogens is 2. The van der Waals surface area contributed by atoms with Crippen LogP contribution in [0.3, 0.4) is 0 Å². The van der Waals surface area contributed by atoms with Crippen LogP contribution in [0.1, 0.15) is 0 Å². The van der Waals surface area contributed by atoms with Gasteiger partial charge in [0.2, 0.25) is 0 Å². The number of methoxy groups -OCH3 is 1. The third kappa shape index (κ3) is 2.98. The first-order valence-corrected chi connectivity index (χ1v) is 7.62. The lowest BCUT2D eigenvalue weighted by atomic mass is 10.2. The first-order valence-electron chi connectivity index (χ1n) is 7.62. The molecule has 2 aromatic rings. The van der Waals surface area contributed by atoms with E-state index in [-0.39, 0.29) is 5.56 Å². The van der Waals surface area contributed by atoms with Gasteiger partial charge >= 0.3 is 0 Å². The predicted molar refractivity (Wildman–Crippen MR) is 86.5 cm³/mol. The standard InChI is InChI=1S/C16H22N4O2/c1-18-6-8-19(9-7-18)10-11-20-12-17-15-13(16(20)21)4-3-5-14(15)22-2/h3-5,12H,6-11H2,1-2H3. The molecule has 0 amide bonds. The molecule has 2 heterocycles. The van der Waals surface area contributed by atoms with Crippen molar-refractivity contribution in [2.75, 3.05) is 46.9 Å². The number of hydrogen-bond donors (Lipinski definition) is 0. The van der Waals surface area contributed by atoms with Crippen LogP contribution in [-0.4, -0.2) is 66.2 Å². The summed E-state index contributed by atoms with van der Waals surface area (Å²) in [7, 11) is 3.73. The van der Waals surface area contributed by atoms with E-state index in [1.807, 2.05) is 12.1 Å². The van der Waals surface area contributed by atoms with Crippen LogP contribution in [0.2, 0.25) is 0 Å². The zero-order valence-corrected chi connectivity index (χ0v) is 13.2. The van der Waals surface area contributed by atoms with E-state index in [0.717, 1.165) is 32.7 Å². The van der Waals surface area contributed by atoms with Crippen molar-refractivity contribution in [1.82, 2.24) is 19.4 Å². The van der Waals surface area contributed by atoms with Gasteiger partial charge < -0.3 is 9.64 Å². The fourth-order valence-electron chi connectivity index (χ4n) is 2.81. The Kier molecular flexibility index (Phi) is 4.40. The van der Waals surface area contributed by atoms with Gasteiger partial charge in [0.25, 0.3) is 5.56 Å². The third-order valence-electron chi connectivity index (χ3n) is 4.29. The molecule has 22 heavy (non-hydrogen) atoms. The fraction of sp³-hybridized carbons (Fsp3) is 0.500. The van der Waals surface area contributed by atoms with Crippen LogP contribution in [0.4, 0.5) is 0 Å². The molecule has 0 spiro atoms. The summed E-state index contributed by atoms with van der Waals surface area (Å²) in [5.41, 5.74) is 0.629. The number of ether oxygens (including phenoxy) is 1. The minimum absolute atomic E-state index is 0.00183. The number of rotatable bonds is 4. The van der Waals surface area contributed by atoms with Gasteiger partial charge in [-0.15, -0.1) is 0 Å². The lowest BCUT2D eigenvalue weighted by Gasteiger charge is -2.32. The van der Waals surface area contributed by atoms with Gasteiger partial charge in [0.15, 0.2) is 0 Å². The van der Waals surface area contributed by atoms with E-state index >= 15 is 0 Å². The van der Waals surface area contributed by atoms with E-state index in [4.69, 9.17) is 4.74 Å². The van der Waals surface area contributed by atoms with E-state index in [1.54, 1.807) is 24.1 Å². The monoisotopic (exact) mass is 302 g/mol. The zero-order chi connectivity index (χ0) is 15.5. The molecule has 0 radical (unpaired) electrons. The van der Waals surface area contributed by atoms with Crippen molar-refractivity contribution in [3.63, 3.8) is 0 Å². The Morgan fingerprint density at radius 2 is 1.95 bits per heavy atom. The quantitative estimate of drug-likeness (QED) is 0.830. The Hall–Kier alpha value is -1.92. The minimum atomic E-state index is -0.00183. The molecular weight excluding hydrogens is 280 g/mol. The number of likely N-dealkylation sites (N-methyl/N-ethyl adjacent to an activating group) is 1. The van der Waals surface area contributed by atoms with Gasteiger partial charge in [0.05, 0.1) is 18.8 Å². The van der Waals surface area contributed by atoms with Gasteiger partial charge in [-0.25, -0.2) is 4.98 Å². The molecule has 0 saturated carbocycles. The van der Waals surface area contributed by atoms with Crippen LogP contribution in [0.25, 0.3) is 10.9 Å². The summed E-state index contributed by atoms with van der Waals surface area (Å²) in [5.74, 6) is 0.640. The fourth-order valence-corrected chi connectivity index (χ4v) is 2.81. The predicted octanol–water partition coefficient (Wildman–Crippen LogP) is 0.653. The normalized spacial score (nSPS) is 17.0. The minimum Gasteiger partial charge on any atom is -0.494 e. The number of hydrogen-bond acceptors (Lipinski definition) is 5. The molecule has 3 rings (SSSR count). The molecule has 6 heteroatoms. The van der Waals surface area contributed by atoms with Crippen molar-refractivity contribution < 1.29 is 4.74 Å². The second-order valence-electron chi connectivity index (χ2n) is 5.74. The topological polar surface area (TPSA) is 50.6 Å². The van der Waals surface area contributed by atoms with Gasteiger partial charge in [-0.2, -0.15) is 0 Å². The smallest absolute Gasteiger partial charge is 0.261 e. The Balaban J connectivity index is 1.77. The maximum absolute atomic E-state index is 12.6. The molecule has 1 aliphatic heterocycles. The van der Waals surface area contributed by atoms with E-state index in [1.165, 1.54) is 0 Å². The van der Waals surface area contributed by atoms with Crippen molar-refractivity contribution in [1.29, 1.82) is 0 Å². The Labute approximate surface area is 129 Å². The lowest BCUT2D eigenvalue weighted by molar-refractivity contribution is 0.149. The maximum atomic E-state index is 12.6. The number of para-hydroxylation sites is 1. The van der Waals surface area contributed by atoms with Gasteiger partial charge in [-0.05, 0) is 19.2 Å². The van der Waals surface area contributed by atoms with E-state index in [9.17, 15) is 4.79 Å². The van der Waals surface area contributed by atoms with Crippen molar-refractivity contribution in [3.8, 4) is 5.75 Å². The van der Waals surface area contributed by atoms with Crippen LogP contribution in [0, 0.1) is 0 Å². The van der Waals surface area contributed by atoms with E-state index in [2.05, 4.69) is 21.8 Å². The third-order valence-corrected chi connectivity index (χ3v) is 4.29. The number of benzene rings is 1. The summed E-state index contributed by atoms with van der Waals surface area (Å²) < 4.78 is 6.96. The Morgan fingerprint density at radius 1 is 1.18 bits per heavy atom. The molecule has 1 saturated heterocycles. The van der Waals surface area contributed by atoms with Crippen molar-refractivity contribution in [2.24, 2.45) is 0 Å². The van der Waals surface area contributed by atoms with E-state index in [0.29, 0.717) is 23.2 Å². The Morgan fingerprint density at radius 3 is 2.68 bits per heavy atom. The molecule has 0 atom stereocenters. The second kappa shape index (κ2) is 6.46. The summed E-state index contributed by atoms with van der Waals surface area (Å²) in [6.07, 6.45) is 1.63. The van der Waals surface area contributed by atoms with Gasteiger partial charge in [0.1, 0.15) is 11.3 Å². The average Bonchev–Trinajstić information content (AvgIpc) is 2.55. The molecule has 0 bridgehead atoms. The van der Waals surface area contributed by atoms with Crippen LogP contribution < -0.4 is 10.3 Å². The van der Waals surface area contributed by atoms with Gasteiger partial charge in [0, 0.05) is 39.3 Å². The molecule has 1 aromatic heterocycles. The van der Waals surface area contributed by atoms with Crippen LogP contribution in [0.5, 0.6) is 5.75 Å².